The van der Waals surface area contributed by atoms with E-state index in [0.717, 1.165) is 69.0 Å². The minimum atomic E-state index is -0.483. The first-order valence-corrected chi connectivity index (χ1v) is 13.0. The molecule has 3 aromatic rings. The van der Waals surface area contributed by atoms with Crippen molar-refractivity contribution in [3.63, 3.8) is 0 Å². The molecule has 0 bridgehead atoms. The maximum absolute atomic E-state index is 13.8. The largest absolute Gasteiger partial charge is 0.494 e. The Morgan fingerprint density at radius 3 is 2.50 bits per heavy atom. The lowest BCUT2D eigenvalue weighted by atomic mass is 9.97. The first kappa shape index (κ1) is 24.5. The fourth-order valence-corrected chi connectivity index (χ4v) is 5.12. The molecular formula is C29H34N2O5. The highest BCUT2D eigenvalue weighted by Crippen LogP contribution is 2.38. The van der Waals surface area contributed by atoms with Crippen molar-refractivity contribution in [3.8, 4) is 5.75 Å². The van der Waals surface area contributed by atoms with Gasteiger partial charge in [-0.3, -0.25) is 14.5 Å². The van der Waals surface area contributed by atoms with Gasteiger partial charge >= 0.3 is 0 Å². The molecular weight excluding hydrogens is 456 g/mol. The Labute approximate surface area is 211 Å². The lowest BCUT2D eigenvalue weighted by molar-refractivity contribution is 0.0353. The number of hydrogen-bond acceptors (Lipinski definition) is 6. The summed E-state index contributed by atoms with van der Waals surface area (Å²) in [7, 11) is 0. The first-order valence-electron chi connectivity index (χ1n) is 13.0. The molecule has 2 aliphatic rings. The maximum atomic E-state index is 13.8. The van der Waals surface area contributed by atoms with Gasteiger partial charge in [-0.1, -0.05) is 32.0 Å². The summed E-state index contributed by atoms with van der Waals surface area (Å²) < 4.78 is 17.3. The number of hydrogen-bond donors (Lipinski definition) is 0. The lowest BCUT2D eigenvalue weighted by Gasteiger charge is -2.29. The molecule has 2 aromatic carbocycles. The molecule has 1 fully saturated rings. The minimum Gasteiger partial charge on any atom is -0.494 e. The second-order valence-corrected chi connectivity index (χ2v) is 9.48. The normalized spacial score (nSPS) is 18.1. The molecule has 0 N–H and O–H groups in total. The van der Waals surface area contributed by atoms with Crippen molar-refractivity contribution in [2.75, 3.05) is 46.0 Å². The van der Waals surface area contributed by atoms with E-state index in [0.29, 0.717) is 29.7 Å². The van der Waals surface area contributed by atoms with Crippen LogP contribution in [0.4, 0.5) is 0 Å². The van der Waals surface area contributed by atoms with Crippen LogP contribution in [0.25, 0.3) is 11.0 Å². The maximum Gasteiger partial charge on any atom is 0.290 e. The molecule has 0 spiro atoms. The second-order valence-electron chi connectivity index (χ2n) is 9.48. The van der Waals surface area contributed by atoms with Gasteiger partial charge in [0.2, 0.25) is 5.76 Å². The summed E-state index contributed by atoms with van der Waals surface area (Å²) >= 11 is 0. The molecule has 7 heteroatoms. The number of carbonyl (C=O) groups excluding carboxylic acids is 1. The Morgan fingerprint density at radius 2 is 1.78 bits per heavy atom. The van der Waals surface area contributed by atoms with E-state index in [2.05, 4.69) is 18.7 Å². The molecule has 36 heavy (non-hydrogen) atoms. The van der Waals surface area contributed by atoms with Crippen molar-refractivity contribution in [1.82, 2.24) is 9.80 Å². The number of carbonyl (C=O) groups is 1. The summed E-state index contributed by atoms with van der Waals surface area (Å²) in [4.78, 5) is 31.6. The SMILES string of the molecule is CCCOc1ccc(C2c3c(oc4ccc(CC)cc4c3=O)C(=O)N2CCCN2CCOCC2)cc1. The van der Waals surface area contributed by atoms with Crippen LogP contribution in [0, 0.1) is 0 Å². The number of nitrogens with zero attached hydrogens (tertiary/aromatic N) is 2. The number of rotatable bonds is 9. The second kappa shape index (κ2) is 10.8. The van der Waals surface area contributed by atoms with Gasteiger partial charge in [-0.25, -0.2) is 0 Å². The van der Waals surface area contributed by atoms with Gasteiger partial charge < -0.3 is 18.8 Å². The van der Waals surface area contributed by atoms with E-state index in [-0.39, 0.29) is 17.1 Å². The van der Waals surface area contributed by atoms with E-state index >= 15 is 0 Å². The first-order chi connectivity index (χ1) is 17.6. The number of amides is 1. The number of ether oxygens (including phenoxy) is 2. The standard InChI is InChI=1S/C29H34N2O5/c1-3-16-35-22-9-7-21(8-10-22)26-25-27(32)23-19-20(4-2)6-11-24(23)36-28(25)29(33)31(26)13-5-12-30-14-17-34-18-15-30/h6-11,19,26H,3-5,12-18H2,1-2H3. The lowest BCUT2D eigenvalue weighted by Crippen LogP contribution is -2.38. The quantitative estimate of drug-likeness (QED) is 0.442. The van der Waals surface area contributed by atoms with Gasteiger partial charge in [-0.05, 0) is 54.7 Å². The van der Waals surface area contributed by atoms with Gasteiger partial charge in [0, 0.05) is 26.2 Å². The Hall–Kier alpha value is -3.16. The Bertz CT molecular complexity index is 1280. The molecule has 0 saturated carbocycles. The van der Waals surface area contributed by atoms with E-state index in [1.807, 2.05) is 36.4 Å². The van der Waals surface area contributed by atoms with Gasteiger partial charge in [0.15, 0.2) is 5.43 Å². The number of benzene rings is 2. The third kappa shape index (κ3) is 4.77. The molecule has 1 saturated heterocycles. The van der Waals surface area contributed by atoms with E-state index < -0.39 is 6.04 Å². The van der Waals surface area contributed by atoms with Crippen LogP contribution in [0.15, 0.2) is 51.7 Å². The molecule has 1 aromatic heterocycles. The number of fused-ring (bicyclic) bond motifs is 2. The highest BCUT2D eigenvalue weighted by atomic mass is 16.5. The summed E-state index contributed by atoms with van der Waals surface area (Å²) in [5.41, 5.74) is 2.73. The zero-order chi connectivity index (χ0) is 25.1. The van der Waals surface area contributed by atoms with Gasteiger partial charge in [0.1, 0.15) is 11.3 Å². The summed E-state index contributed by atoms with van der Waals surface area (Å²) in [6, 6.07) is 12.9. The third-order valence-corrected chi connectivity index (χ3v) is 7.08. The zero-order valence-corrected chi connectivity index (χ0v) is 21.1. The van der Waals surface area contributed by atoms with Crippen molar-refractivity contribution < 1.29 is 18.7 Å². The molecule has 0 radical (unpaired) electrons. The van der Waals surface area contributed by atoms with Gasteiger partial charge in [-0.2, -0.15) is 0 Å². The molecule has 1 atom stereocenters. The molecule has 5 rings (SSSR count). The Kier molecular flexibility index (Phi) is 7.39. The molecule has 3 heterocycles. The fraction of sp³-hybridized carbons (Fsp3) is 0.448. The summed E-state index contributed by atoms with van der Waals surface area (Å²) in [5.74, 6) is 0.725. The van der Waals surface area contributed by atoms with Crippen molar-refractivity contribution in [2.24, 2.45) is 0 Å². The predicted molar refractivity (Wildman–Crippen MR) is 139 cm³/mol. The van der Waals surface area contributed by atoms with E-state index in [9.17, 15) is 9.59 Å². The predicted octanol–water partition coefficient (Wildman–Crippen LogP) is 4.41. The van der Waals surface area contributed by atoms with Crippen LogP contribution >= 0.6 is 0 Å². The molecule has 1 unspecified atom stereocenters. The van der Waals surface area contributed by atoms with Crippen molar-refractivity contribution in [1.29, 1.82) is 0 Å². The number of morpholine rings is 1. The zero-order valence-electron chi connectivity index (χ0n) is 21.1. The van der Waals surface area contributed by atoms with Gasteiger partial charge in [-0.15, -0.1) is 0 Å². The minimum absolute atomic E-state index is 0.123. The van der Waals surface area contributed by atoms with Crippen LogP contribution in [0.2, 0.25) is 0 Å². The van der Waals surface area contributed by atoms with Crippen molar-refractivity contribution >= 4 is 16.9 Å². The average Bonchev–Trinajstić information content (AvgIpc) is 3.20. The van der Waals surface area contributed by atoms with Crippen LogP contribution < -0.4 is 10.2 Å². The van der Waals surface area contributed by atoms with E-state index in [4.69, 9.17) is 13.9 Å². The van der Waals surface area contributed by atoms with Crippen LogP contribution in [0.3, 0.4) is 0 Å². The molecule has 2 aliphatic heterocycles. The van der Waals surface area contributed by atoms with E-state index in [1.54, 1.807) is 11.0 Å². The highest BCUT2D eigenvalue weighted by molar-refractivity contribution is 5.99. The van der Waals surface area contributed by atoms with Crippen LogP contribution in [0.1, 0.15) is 60.0 Å². The number of aryl methyl sites for hydroxylation is 1. The van der Waals surface area contributed by atoms with Gasteiger partial charge in [0.25, 0.3) is 5.91 Å². The summed E-state index contributed by atoms with van der Waals surface area (Å²) in [6.07, 6.45) is 2.56. The molecule has 7 nitrogen and oxygen atoms in total. The van der Waals surface area contributed by atoms with Crippen molar-refractivity contribution in [3.05, 3.63) is 75.1 Å². The fourth-order valence-electron chi connectivity index (χ4n) is 5.12. The highest BCUT2D eigenvalue weighted by Gasteiger charge is 2.42. The molecule has 1 amide bonds. The molecule has 0 aliphatic carbocycles. The van der Waals surface area contributed by atoms with Crippen molar-refractivity contribution in [2.45, 2.75) is 39.2 Å². The van der Waals surface area contributed by atoms with Gasteiger partial charge in [0.05, 0.1) is 36.8 Å². The molecule has 190 valence electrons. The summed E-state index contributed by atoms with van der Waals surface area (Å²) in [6.45, 7) is 9.48. The Morgan fingerprint density at radius 1 is 1.00 bits per heavy atom. The van der Waals surface area contributed by atoms with Crippen LogP contribution in [-0.2, 0) is 11.2 Å². The average molecular weight is 491 g/mol. The monoisotopic (exact) mass is 490 g/mol. The van der Waals surface area contributed by atoms with Crippen LogP contribution in [-0.4, -0.2) is 61.7 Å². The third-order valence-electron chi connectivity index (χ3n) is 7.08. The summed E-state index contributed by atoms with van der Waals surface area (Å²) in [5, 5.41) is 0.531. The van der Waals surface area contributed by atoms with E-state index in [1.165, 1.54) is 0 Å². The smallest absolute Gasteiger partial charge is 0.290 e. The topological polar surface area (TPSA) is 72.2 Å². The van der Waals surface area contributed by atoms with Crippen LogP contribution in [0.5, 0.6) is 5.75 Å². The Balaban J connectivity index is 1.51.